The van der Waals surface area contributed by atoms with E-state index >= 15 is 0 Å². The van der Waals surface area contributed by atoms with E-state index in [4.69, 9.17) is 9.47 Å². The second-order valence-corrected chi connectivity index (χ2v) is 13.6. The summed E-state index contributed by atoms with van der Waals surface area (Å²) in [7, 11) is 0. The lowest BCUT2D eigenvalue weighted by Gasteiger charge is -2.45. The fourth-order valence-corrected chi connectivity index (χ4v) is 7.25. The number of rotatable bonds is 18. The van der Waals surface area contributed by atoms with Crippen molar-refractivity contribution in [2.75, 3.05) is 51.0 Å². The topological polar surface area (TPSA) is 71.6 Å². The first-order valence-corrected chi connectivity index (χ1v) is 17.9. The van der Waals surface area contributed by atoms with Gasteiger partial charge in [-0.1, -0.05) is 57.9 Å². The highest BCUT2D eigenvalue weighted by Crippen LogP contribution is 2.32. The first kappa shape index (κ1) is 35.8. The molecule has 250 valence electrons. The van der Waals surface area contributed by atoms with Crippen LogP contribution in [0, 0.1) is 0 Å². The van der Waals surface area contributed by atoms with Crippen LogP contribution < -0.4 is 27.6 Å². The molecule has 0 amide bonds. The summed E-state index contributed by atoms with van der Waals surface area (Å²) in [5.41, 5.74) is 1.98. The number of quaternary nitrogens is 1. The van der Waals surface area contributed by atoms with Gasteiger partial charge in [0.25, 0.3) is 0 Å². The van der Waals surface area contributed by atoms with Crippen LogP contribution in [-0.4, -0.2) is 61.5 Å². The lowest BCUT2D eigenvalue weighted by molar-refractivity contribution is -0.944. The molecule has 2 aromatic heterocycles. The predicted molar refractivity (Wildman–Crippen MR) is 186 cm³/mol. The zero-order valence-electron chi connectivity index (χ0n) is 27.3. The zero-order chi connectivity index (χ0) is 31.3. The number of aromatic nitrogens is 1. The van der Waals surface area contributed by atoms with Gasteiger partial charge in [0, 0.05) is 34.3 Å². The predicted octanol–water partition coefficient (Wildman–Crippen LogP) is 5.27. The van der Waals surface area contributed by atoms with Crippen molar-refractivity contribution in [3.8, 4) is 5.75 Å². The smallest absolute Gasteiger partial charge is 0.310 e. The van der Waals surface area contributed by atoms with E-state index in [0.29, 0.717) is 19.8 Å². The second-order valence-electron chi connectivity index (χ2n) is 12.6. The Morgan fingerprint density at radius 1 is 0.913 bits per heavy atom. The van der Waals surface area contributed by atoms with Crippen molar-refractivity contribution < 1.29 is 31.2 Å². The largest absolute Gasteiger partial charge is 1.00 e. The maximum atomic E-state index is 12.8. The van der Waals surface area contributed by atoms with Gasteiger partial charge in [-0.15, -0.1) is 11.3 Å². The molecule has 0 bridgehead atoms. The minimum absolute atomic E-state index is 0. The number of anilines is 1. The van der Waals surface area contributed by atoms with Gasteiger partial charge in [0.05, 0.1) is 44.8 Å². The number of nitrogens with zero attached hydrogens (tertiary/aromatic N) is 2. The molecule has 0 aliphatic carbocycles. The van der Waals surface area contributed by atoms with Gasteiger partial charge in [-0.2, -0.15) is 0 Å². The number of carbonyl (C=O) groups is 1. The molecule has 1 N–H and O–H groups in total. The monoisotopic (exact) mass is 667 g/mol. The molecular weight excluding hydrogens is 618 g/mol. The number of nitrogens with one attached hydrogen (secondary N) is 1. The maximum absolute atomic E-state index is 12.8. The molecule has 0 unspecified atom stereocenters. The van der Waals surface area contributed by atoms with E-state index in [1.54, 1.807) is 11.3 Å². The van der Waals surface area contributed by atoms with E-state index in [9.17, 15) is 9.59 Å². The fourth-order valence-electron chi connectivity index (χ4n) is 6.44. The number of carbonyl (C=O) groups excluding carboxylic acids is 1. The van der Waals surface area contributed by atoms with Crippen LogP contribution in [0.4, 0.5) is 5.69 Å². The number of hydrogen-bond acceptors (Lipinski definition) is 6. The molecule has 46 heavy (non-hydrogen) atoms. The number of H-pyrrole nitrogens is 1. The quantitative estimate of drug-likeness (QED) is 0.0889. The van der Waals surface area contributed by atoms with Crippen molar-refractivity contribution in [1.29, 1.82) is 0 Å². The Morgan fingerprint density at radius 3 is 2.48 bits per heavy atom. The van der Waals surface area contributed by atoms with Crippen molar-refractivity contribution >= 4 is 44.0 Å². The normalized spacial score (nSPS) is 14.3. The number of benzene rings is 2. The molecule has 3 heterocycles. The Balaban J connectivity index is 0.00000480. The number of ether oxygens (including phenoxy) is 2. The van der Waals surface area contributed by atoms with Crippen LogP contribution in [0.25, 0.3) is 21.0 Å². The number of unbranched alkanes of at least 4 members (excludes halogenated alkanes) is 8. The molecule has 0 radical (unpaired) electrons. The van der Waals surface area contributed by atoms with E-state index in [0.717, 1.165) is 79.5 Å². The van der Waals surface area contributed by atoms with Gasteiger partial charge in [-0.25, -0.2) is 0 Å². The molecule has 0 saturated carbocycles. The van der Waals surface area contributed by atoms with Gasteiger partial charge >= 0.3 is 5.97 Å². The number of fused-ring (bicyclic) bond motifs is 2. The standard InChI is InChI=1S/C37H49N3O4S.ClH/c1-2-3-4-5-6-7-8-9-15-37(42)44-29-40(24-21-39(22-25-40)34-13-12-14-35-32(34)20-27-45-35)23-10-11-26-43-31-18-16-30-17-19-36(41)38-33(30)28-31;/h12-14,16-20,27-28H,2-11,15,21-26,29H2,1H3;1H. The van der Waals surface area contributed by atoms with Gasteiger partial charge in [-0.05, 0) is 66.4 Å². The lowest BCUT2D eigenvalue weighted by atomic mass is 10.1. The van der Waals surface area contributed by atoms with Crippen molar-refractivity contribution in [2.24, 2.45) is 0 Å². The van der Waals surface area contributed by atoms with Gasteiger partial charge in [-0.3, -0.25) is 14.1 Å². The lowest BCUT2D eigenvalue weighted by Crippen LogP contribution is -3.00. The number of halogens is 1. The van der Waals surface area contributed by atoms with Crippen LogP contribution in [-0.2, 0) is 9.53 Å². The molecule has 1 fully saturated rings. The Hall–Kier alpha value is -3.07. The highest BCUT2D eigenvalue weighted by atomic mass is 35.5. The van der Waals surface area contributed by atoms with Gasteiger partial charge in [0.2, 0.25) is 12.3 Å². The molecule has 5 rings (SSSR count). The summed E-state index contributed by atoms with van der Waals surface area (Å²) < 4.78 is 14.2. The Kier molecular flexibility index (Phi) is 14.2. The third-order valence-corrected chi connectivity index (χ3v) is 10.1. The first-order valence-electron chi connectivity index (χ1n) is 17.0. The SMILES string of the molecule is CCCCCCCCCCC(=O)OC[N+]1(CCCCOc2ccc3ccc(=O)[nH]c3c2)CCN(c2cccc3sccc23)CC1.[Cl-]. The van der Waals surface area contributed by atoms with Gasteiger partial charge in [0.15, 0.2) is 0 Å². The Bertz CT molecular complexity index is 1560. The van der Waals surface area contributed by atoms with Crippen LogP contribution in [0.15, 0.2) is 64.8 Å². The van der Waals surface area contributed by atoms with Crippen molar-refractivity contribution in [1.82, 2.24) is 4.98 Å². The molecule has 0 spiro atoms. The number of aromatic amines is 1. The third kappa shape index (κ3) is 10.2. The van der Waals surface area contributed by atoms with E-state index in [1.165, 1.54) is 60.4 Å². The minimum Gasteiger partial charge on any atom is -1.00 e. The number of hydrogen-bond donors (Lipinski definition) is 1. The summed E-state index contributed by atoms with van der Waals surface area (Å²) in [5, 5.41) is 4.48. The van der Waals surface area contributed by atoms with E-state index in [-0.39, 0.29) is 23.9 Å². The van der Waals surface area contributed by atoms with E-state index in [1.807, 2.05) is 24.3 Å². The maximum Gasteiger partial charge on any atom is 0.310 e. The van der Waals surface area contributed by atoms with Gasteiger partial charge < -0.3 is 31.8 Å². The Labute approximate surface area is 283 Å². The molecule has 2 aromatic carbocycles. The minimum atomic E-state index is -0.112. The third-order valence-electron chi connectivity index (χ3n) is 9.23. The highest BCUT2D eigenvalue weighted by Gasteiger charge is 2.34. The van der Waals surface area contributed by atoms with Crippen molar-refractivity contribution in [3.05, 3.63) is 70.3 Å². The van der Waals surface area contributed by atoms with Crippen LogP contribution in [0.1, 0.15) is 77.6 Å². The van der Waals surface area contributed by atoms with Crippen molar-refractivity contribution in [3.63, 3.8) is 0 Å². The number of esters is 1. The van der Waals surface area contributed by atoms with Crippen LogP contribution in [0.5, 0.6) is 5.75 Å². The van der Waals surface area contributed by atoms with Crippen LogP contribution >= 0.6 is 11.3 Å². The summed E-state index contributed by atoms with van der Waals surface area (Å²) in [4.78, 5) is 29.8. The molecule has 4 aromatic rings. The molecule has 1 aliphatic rings. The first-order chi connectivity index (χ1) is 22.0. The average Bonchev–Trinajstić information content (AvgIpc) is 3.55. The molecule has 7 nitrogen and oxygen atoms in total. The second kappa shape index (κ2) is 18.3. The van der Waals surface area contributed by atoms with Crippen LogP contribution in [0.2, 0.25) is 0 Å². The van der Waals surface area contributed by atoms with Gasteiger partial charge in [0.1, 0.15) is 5.75 Å². The summed E-state index contributed by atoms with van der Waals surface area (Å²) in [6, 6.07) is 18.0. The number of pyridine rings is 1. The molecular formula is C37H50ClN3O4S. The van der Waals surface area contributed by atoms with E-state index in [2.05, 4.69) is 46.5 Å². The molecule has 1 saturated heterocycles. The summed E-state index contributed by atoms with van der Waals surface area (Å²) in [5.74, 6) is 0.709. The highest BCUT2D eigenvalue weighted by molar-refractivity contribution is 7.17. The van der Waals surface area contributed by atoms with Crippen LogP contribution in [0.3, 0.4) is 0 Å². The summed E-state index contributed by atoms with van der Waals surface area (Å²) in [6.07, 6.45) is 12.2. The Morgan fingerprint density at radius 2 is 1.67 bits per heavy atom. The number of piperazine rings is 1. The molecule has 1 aliphatic heterocycles. The molecule has 0 atom stereocenters. The summed E-state index contributed by atoms with van der Waals surface area (Å²) in [6.45, 7) is 8.03. The molecule has 9 heteroatoms. The average molecular weight is 668 g/mol. The number of thiophene rings is 1. The zero-order valence-corrected chi connectivity index (χ0v) is 28.9. The van der Waals surface area contributed by atoms with Crippen molar-refractivity contribution in [2.45, 2.75) is 77.6 Å². The van der Waals surface area contributed by atoms with E-state index < -0.39 is 0 Å². The fraction of sp³-hybridized carbons (Fsp3) is 0.514. The summed E-state index contributed by atoms with van der Waals surface area (Å²) >= 11 is 1.79.